The summed E-state index contributed by atoms with van der Waals surface area (Å²) in [6, 6.07) is 16.2. The number of piperazine rings is 1. The topological polar surface area (TPSA) is 64.7 Å². The molecule has 0 radical (unpaired) electrons. The molecule has 3 fully saturated rings. The van der Waals surface area contributed by atoms with Crippen molar-refractivity contribution in [2.45, 2.75) is 48.8 Å². The Labute approximate surface area is 175 Å². The zero-order chi connectivity index (χ0) is 20.1. The van der Waals surface area contributed by atoms with Crippen LogP contribution in [0.4, 0.5) is 11.4 Å². The Balaban J connectivity index is 1.52. The van der Waals surface area contributed by atoms with E-state index in [4.69, 9.17) is 0 Å². The smallest absolute Gasteiger partial charge is 0.251 e. The minimum atomic E-state index is -0.711. The first kappa shape index (κ1) is 17.0. The molecule has 2 aromatic rings. The van der Waals surface area contributed by atoms with Crippen LogP contribution in [-0.2, 0) is 20.7 Å². The van der Waals surface area contributed by atoms with Crippen molar-refractivity contribution in [2.24, 2.45) is 0 Å². The number of carbonyl (C=O) groups excluding carboxylic acids is 2. The third kappa shape index (κ3) is 1.64. The van der Waals surface area contributed by atoms with Crippen LogP contribution >= 0.6 is 0 Å². The highest BCUT2D eigenvalue weighted by molar-refractivity contribution is 6.09. The minimum absolute atomic E-state index is 0.0209. The lowest BCUT2D eigenvalue weighted by Gasteiger charge is -2.60. The van der Waals surface area contributed by atoms with E-state index in [0.29, 0.717) is 0 Å². The average Bonchev–Trinajstić information content (AvgIpc) is 3.51. The molecule has 2 N–H and O–H groups in total. The van der Waals surface area contributed by atoms with E-state index in [-0.39, 0.29) is 23.9 Å². The molecule has 4 atom stereocenters. The van der Waals surface area contributed by atoms with Crippen molar-refractivity contribution in [3.05, 3.63) is 59.7 Å². The number of anilines is 2. The number of carbonyl (C=O) groups is 2. The predicted octanol–water partition coefficient (Wildman–Crippen LogP) is 2.62. The number of rotatable bonds is 0. The third-order valence-electron chi connectivity index (χ3n) is 8.24. The van der Waals surface area contributed by atoms with Crippen molar-refractivity contribution >= 4 is 23.2 Å². The summed E-state index contributed by atoms with van der Waals surface area (Å²) in [5.74, 6) is 0.156. The number of para-hydroxylation sites is 2. The quantitative estimate of drug-likeness (QED) is 0.714. The number of fused-ring (bicyclic) bond motifs is 10. The van der Waals surface area contributed by atoms with Crippen molar-refractivity contribution < 1.29 is 9.59 Å². The third-order valence-corrected chi connectivity index (χ3v) is 8.24. The van der Waals surface area contributed by atoms with E-state index in [1.807, 2.05) is 36.4 Å². The number of hydrogen-bond acceptors (Lipinski definition) is 4. The van der Waals surface area contributed by atoms with Gasteiger partial charge in [0.1, 0.15) is 11.1 Å². The first-order valence-corrected chi connectivity index (χ1v) is 11.1. The number of benzene rings is 2. The molecule has 0 aromatic heterocycles. The molecule has 4 unspecified atom stereocenters. The van der Waals surface area contributed by atoms with E-state index in [2.05, 4.69) is 32.6 Å². The van der Waals surface area contributed by atoms with Gasteiger partial charge in [-0.1, -0.05) is 36.4 Å². The number of nitrogens with zero attached hydrogens (tertiary/aromatic N) is 2. The molecule has 152 valence electrons. The van der Waals surface area contributed by atoms with Crippen molar-refractivity contribution in [2.75, 3.05) is 23.7 Å². The van der Waals surface area contributed by atoms with Gasteiger partial charge in [-0.15, -0.1) is 0 Å². The van der Waals surface area contributed by atoms with E-state index in [1.54, 1.807) is 0 Å². The van der Waals surface area contributed by atoms with Crippen molar-refractivity contribution in [3.8, 4) is 0 Å². The number of amides is 2. The van der Waals surface area contributed by atoms with Crippen LogP contribution < -0.4 is 10.6 Å². The van der Waals surface area contributed by atoms with Gasteiger partial charge in [0.2, 0.25) is 0 Å². The Morgan fingerprint density at radius 2 is 1.13 bits per heavy atom. The van der Waals surface area contributed by atoms with Crippen LogP contribution in [0, 0.1) is 0 Å². The largest absolute Gasteiger partial charge is 0.324 e. The Morgan fingerprint density at radius 3 is 1.60 bits per heavy atom. The molecular weight excluding hydrogens is 376 g/mol. The second-order valence-corrected chi connectivity index (χ2v) is 9.24. The molecule has 5 heterocycles. The van der Waals surface area contributed by atoms with Gasteiger partial charge in [0, 0.05) is 47.7 Å². The van der Waals surface area contributed by atoms with Gasteiger partial charge in [0.25, 0.3) is 11.8 Å². The first-order chi connectivity index (χ1) is 14.7. The maximum atomic E-state index is 13.7. The van der Waals surface area contributed by atoms with Crippen molar-refractivity contribution in [3.63, 3.8) is 0 Å². The molecular formula is C24H24N4O2. The molecule has 5 aliphatic rings. The van der Waals surface area contributed by atoms with Gasteiger partial charge in [0.15, 0.2) is 0 Å². The molecule has 0 bridgehead atoms. The summed E-state index contributed by atoms with van der Waals surface area (Å²) in [6.45, 7) is 1.68. The summed E-state index contributed by atoms with van der Waals surface area (Å²) in [6.07, 6.45) is 3.84. The molecule has 30 heavy (non-hydrogen) atoms. The van der Waals surface area contributed by atoms with Gasteiger partial charge in [-0.2, -0.15) is 0 Å². The van der Waals surface area contributed by atoms with Gasteiger partial charge in [-0.3, -0.25) is 19.4 Å². The minimum Gasteiger partial charge on any atom is -0.324 e. The van der Waals surface area contributed by atoms with E-state index in [9.17, 15) is 9.59 Å². The lowest BCUT2D eigenvalue weighted by atomic mass is 9.70. The Hall–Kier alpha value is -2.70. The van der Waals surface area contributed by atoms with E-state index in [1.165, 1.54) is 0 Å². The van der Waals surface area contributed by atoms with Gasteiger partial charge < -0.3 is 10.6 Å². The second kappa shape index (κ2) is 5.50. The molecule has 6 nitrogen and oxygen atoms in total. The molecule has 7 rings (SSSR count). The summed E-state index contributed by atoms with van der Waals surface area (Å²) in [7, 11) is 0. The monoisotopic (exact) mass is 400 g/mol. The summed E-state index contributed by atoms with van der Waals surface area (Å²) in [5, 5.41) is 6.37. The Bertz CT molecular complexity index is 1000. The fourth-order valence-electron chi connectivity index (χ4n) is 7.39. The van der Waals surface area contributed by atoms with Crippen LogP contribution in [0.25, 0.3) is 0 Å². The average molecular weight is 400 g/mol. The maximum Gasteiger partial charge on any atom is 0.251 e. The van der Waals surface area contributed by atoms with Gasteiger partial charge >= 0.3 is 0 Å². The molecule has 2 amide bonds. The molecule has 3 saturated heterocycles. The highest BCUT2D eigenvalue weighted by Crippen LogP contribution is 2.61. The molecule has 6 heteroatoms. The van der Waals surface area contributed by atoms with Gasteiger partial charge in [0.05, 0.1) is 0 Å². The fourth-order valence-corrected chi connectivity index (χ4v) is 7.39. The maximum absolute atomic E-state index is 13.7. The van der Waals surface area contributed by atoms with Crippen molar-refractivity contribution in [1.82, 2.24) is 9.80 Å². The van der Waals surface area contributed by atoms with Crippen LogP contribution in [0.3, 0.4) is 0 Å². The Kier molecular flexibility index (Phi) is 3.12. The molecule has 0 aliphatic carbocycles. The predicted molar refractivity (Wildman–Crippen MR) is 113 cm³/mol. The SMILES string of the molecule is O=C1Nc2ccccc2C12C1CCCN1C1(C(=O)Nc3ccccc31)C1CCCN12. The lowest BCUT2D eigenvalue weighted by Crippen LogP contribution is -2.77. The zero-order valence-corrected chi connectivity index (χ0v) is 16.7. The van der Waals surface area contributed by atoms with Gasteiger partial charge in [-0.25, -0.2) is 0 Å². The number of hydrogen-bond donors (Lipinski definition) is 2. The summed E-state index contributed by atoms with van der Waals surface area (Å²) < 4.78 is 0. The second-order valence-electron chi connectivity index (χ2n) is 9.24. The summed E-state index contributed by atoms with van der Waals surface area (Å²) >= 11 is 0. The zero-order valence-electron chi connectivity index (χ0n) is 16.7. The molecule has 0 saturated carbocycles. The van der Waals surface area contributed by atoms with E-state index in [0.717, 1.165) is 61.3 Å². The first-order valence-electron chi connectivity index (χ1n) is 11.1. The standard InChI is InChI=1S/C24H24N4O2/c29-21-23(15-7-1-3-9-17(15)25-21)19-11-5-14-28(19)24(20-12-6-13-27(20)23)16-8-2-4-10-18(16)26-22(24)30/h1-4,7-10,19-20H,5-6,11-14H2,(H,25,29)(H,26,30). The highest BCUT2D eigenvalue weighted by atomic mass is 16.2. The summed E-state index contributed by atoms with van der Waals surface area (Å²) in [5.41, 5.74) is 2.59. The molecule has 2 aromatic carbocycles. The molecule has 5 aliphatic heterocycles. The van der Waals surface area contributed by atoms with Crippen molar-refractivity contribution in [1.29, 1.82) is 0 Å². The Morgan fingerprint density at radius 1 is 0.700 bits per heavy atom. The van der Waals surface area contributed by atoms with Crippen LogP contribution in [0.15, 0.2) is 48.5 Å². The van der Waals surface area contributed by atoms with Crippen LogP contribution in [0.2, 0.25) is 0 Å². The fraction of sp³-hybridized carbons (Fsp3) is 0.417. The van der Waals surface area contributed by atoms with Crippen LogP contribution in [0.1, 0.15) is 36.8 Å². The van der Waals surface area contributed by atoms with Crippen LogP contribution in [0.5, 0.6) is 0 Å². The lowest BCUT2D eigenvalue weighted by molar-refractivity contribution is -0.169. The van der Waals surface area contributed by atoms with Gasteiger partial charge in [-0.05, 0) is 37.8 Å². The summed E-state index contributed by atoms with van der Waals surface area (Å²) in [4.78, 5) is 32.3. The van der Waals surface area contributed by atoms with E-state index < -0.39 is 11.1 Å². The normalized spacial score (nSPS) is 36.5. The molecule has 2 spiro atoms. The van der Waals surface area contributed by atoms with E-state index >= 15 is 0 Å². The van der Waals surface area contributed by atoms with Crippen LogP contribution in [-0.4, -0.2) is 46.8 Å². The number of nitrogens with one attached hydrogen (secondary N) is 2. The highest BCUT2D eigenvalue weighted by Gasteiger charge is 2.73.